The number of allylic oxidation sites excluding steroid dienone is 7. The average molecular weight is 161 g/mol. The summed E-state index contributed by atoms with van der Waals surface area (Å²) in [6.07, 6.45) is 10.6. The van der Waals surface area contributed by atoms with E-state index in [1.165, 1.54) is 5.57 Å². The molecule has 1 aliphatic carbocycles. The third-order valence-electron chi connectivity index (χ3n) is 1.77. The highest BCUT2D eigenvalue weighted by Crippen LogP contribution is 2.17. The van der Waals surface area contributed by atoms with E-state index in [0.29, 0.717) is 0 Å². The maximum absolute atomic E-state index is 5.55. The Balaban J connectivity index is 2.71. The topological polar surface area (TPSA) is 26.0 Å². The van der Waals surface area contributed by atoms with Gasteiger partial charge in [-0.3, -0.25) is 0 Å². The van der Waals surface area contributed by atoms with Gasteiger partial charge >= 0.3 is 0 Å². The van der Waals surface area contributed by atoms with Crippen LogP contribution in [0.4, 0.5) is 0 Å². The standard InChI is InChI=1S/C11H15N/c1-9(8-10(2)12)11-6-4-3-5-7-11/h4,6-8H,1,3,5,12H2,2H3/b10-8-. The van der Waals surface area contributed by atoms with Crippen LogP contribution in [0.3, 0.4) is 0 Å². The van der Waals surface area contributed by atoms with Crippen molar-refractivity contribution in [1.29, 1.82) is 0 Å². The van der Waals surface area contributed by atoms with Gasteiger partial charge in [-0.25, -0.2) is 0 Å². The molecule has 0 saturated heterocycles. The highest BCUT2D eigenvalue weighted by molar-refractivity contribution is 5.46. The van der Waals surface area contributed by atoms with Crippen LogP contribution in [0.15, 0.2) is 47.7 Å². The molecule has 12 heavy (non-hydrogen) atoms. The predicted octanol–water partition coefficient (Wildman–Crippen LogP) is 2.68. The lowest BCUT2D eigenvalue weighted by atomic mass is 10.0. The fourth-order valence-electron chi connectivity index (χ4n) is 1.21. The minimum atomic E-state index is 0.805. The SMILES string of the molecule is C=C(/C=C(/C)N)C1=CCCC=C1. The van der Waals surface area contributed by atoms with Crippen molar-refractivity contribution in [3.8, 4) is 0 Å². The Bertz CT molecular complexity index is 263. The van der Waals surface area contributed by atoms with E-state index in [1.807, 2.05) is 13.0 Å². The molecule has 0 aliphatic heterocycles. The van der Waals surface area contributed by atoms with Gasteiger partial charge in [0.05, 0.1) is 0 Å². The molecule has 2 N–H and O–H groups in total. The van der Waals surface area contributed by atoms with Crippen molar-refractivity contribution < 1.29 is 0 Å². The summed E-state index contributed by atoms with van der Waals surface area (Å²) >= 11 is 0. The molecule has 0 fully saturated rings. The van der Waals surface area contributed by atoms with Crippen molar-refractivity contribution in [2.75, 3.05) is 0 Å². The molecule has 1 heteroatoms. The second-order valence-corrected chi connectivity index (χ2v) is 3.05. The lowest BCUT2D eigenvalue weighted by molar-refractivity contribution is 1.02. The summed E-state index contributed by atoms with van der Waals surface area (Å²) in [5, 5.41) is 0. The third-order valence-corrected chi connectivity index (χ3v) is 1.77. The zero-order chi connectivity index (χ0) is 8.97. The lowest BCUT2D eigenvalue weighted by Gasteiger charge is -2.06. The monoisotopic (exact) mass is 161 g/mol. The second kappa shape index (κ2) is 3.96. The van der Waals surface area contributed by atoms with Gasteiger partial charge < -0.3 is 5.73 Å². The Kier molecular flexibility index (Phi) is 2.92. The molecular formula is C11H15N. The van der Waals surface area contributed by atoms with Crippen molar-refractivity contribution in [2.45, 2.75) is 19.8 Å². The van der Waals surface area contributed by atoms with E-state index >= 15 is 0 Å². The van der Waals surface area contributed by atoms with Crippen LogP contribution in [-0.2, 0) is 0 Å². The number of hydrogen-bond acceptors (Lipinski definition) is 1. The van der Waals surface area contributed by atoms with E-state index in [-0.39, 0.29) is 0 Å². The molecule has 0 radical (unpaired) electrons. The van der Waals surface area contributed by atoms with E-state index in [4.69, 9.17) is 5.73 Å². The first kappa shape index (κ1) is 8.85. The smallest absolute Gasteiger partial charge is 0.00548 e. The molecule has 0 aromatic carbocycles. The Labute approximate surface area is 74.0 Å². The summed E-state index contributed by atoms with van der Waals surface area (Å²) < 4.78 is 0. The van der Waals surface area contributed by atoms with Crippen LogP contribution in [0, 0.1) is 0 Å². The molecule has 0 unspecified atom stereocenters. The second-order valence-electron chi connectivity index (χ2n) is 3.05. The first-order chi connectivity index (χ1) is 5.70. The summed E-state index contributed by atoms with van der Waals surface area (Å²) in [6.45, 7) is 5.82. The first-order valence-corrected chi connectivity index (χ1v) is 4.20. The average Bonchev–Trinajstić information content (AvgIpc) is 2.05. The van der Waals surface area contributed by atoms with E-state index in [2.05, 4.69) is 24.8 Å². The van der Waals surface area contributed by atoms with Crippen LogP contribution in [0.2, 0.25) is 0 Å². The maximum Gasteiger partial charge on any atom is 0.00548 e. The van der Waals surface area contributed by atoms with Gasteiger partial charge in [-0.2, -0.15) is 0 Å². The highest BCUT2D eigenvalue weighted by atomic mass is 14.5. The largest absolute Gasteiger partial charge is 0.402 e. The van der Waals surface area contributed by atoms with E-state index in [1.54, 1.807) is 0 Å². The molecule has 64 valence electrons. The Hall–Kier alpha value is -1.24. The molecule has 1 nitrogen and oxygen atoms in total. The fraction of sp³-hybridized carbons (Fsp3) is 0.273. The predicted molar refractivity (Wildman–Crippen MR) is 53.5 cm³/mol. The summed E-state index contributed by atoms with van der Waals surface area (Å²) in [6, 6.07) is 0. The number of hydrogen-bond donors (Lipinski definition) is 1. The number of rotatable bonds is 2. The lowest BCUT2D eigenvalue weighted by Crippen LogP contribution is -1.93. The molecule has 1 rings (SSSR count). The Morgan fingerprint density at radius 3 is 2.83 bits per heavy atom. The van der Waals surface area contributed by atoms with Crippen molar-refractivity contribution in [3.05, 3.63) is 47.7 Å². The van der Waals surface area contributed by atoms with Crippen LogP contribution in [0.25, 0.3) is 0 Å². The summed E-state index contributed by atoms with van der Waals surface area (Å²) in [5.41, 5.74) is 8.56. The summed E-state index contributed by atoms with van der Waals surface area (Å²) in [5.74, 6) is 0. The van der Waals surface area contributed by atoms with Crippen LogP contribution in [0.1, 0.15) is 19.8 Å². The molecule has 1 aliphatic rings. The Morgan fingerprint density at radius 1 is 1.58 bits per heavy atom. The van der Waals surface area contributed by atoms with Crippen molar-refractivity contribution in [3.63, 3.8) is 0 Å². The van der Waals surface area contributed by atoms with Crippen LogP contribution in [0.5, 0.6) is 0 Å². The van der Waals surface area contributed by atoms with Crippen LogP contribution >= 0.6 is 0 Å². The maximum atomic E-state index is 5.55. The Morgan fingerprint density at radius 2 is 2.33 bits per heavy atom. The minimum Gasteiger partial charge on any atom is -0.402 e. The quantitative estimate of drug-likeness (QED) is 0.619. The van der Waals surface area contributed by atoms with Gasteiger partial charge in [0.25, 0.3) is 0 Å². The highest BCUT2D eigenvalue weighted by Gasteiger charge is 1.98. The van der Waals surface area contributed by atoms with Gasteiger partial charge in [0.2, 0.25) is 0 Å². The molecule has 0 aromatic heterocycles. The zero-order valence-electron chi connectivity index (χ0n) is 7.51. The van der Waals surface area contributed by atoms with Gasteiger partial charge in [0, 0.05) is 5.70 Å². The van der Waals surface area contributed by atoms with Gasteiger partial charge in [-0.1, -0.05) is 24.8 Å². The van der Waals surface area contributed by atoms with Gasteiger partial charge in [0.15, 0.2) is 0 Å². The normalized spacial score (nSPS) is 17.4. The van der Waals surface area contributed by atoms with Crippen molar-refractivity contribution in [1.82, 2.24) is 0 Å². The first-order valence-electron chi connectivity index (χ1n) is 4.20. The summed E-state index contributed by atoms with van der Waals surface area (Å²) in [7, 11) is 0. The zero-order valence-corrected chi connectivity index (χ0v) is 7.51. The van der Waals surface area contributed by atoms with Gasteiger partial charge in [-0.05, 0) is 37.0 Å². The molecular weight excluding hydrogens is 146 g/mol. The minimum absolute atomic E-state index is 0.805. The van der Waals surface area contributed by atoms with Crippen LogP contribution in [-0.4, -0.2) is 0 Å². The fourth-order valence-corrected chi connectivity index (χ4v) is 1.21. The van der Waals surface area contributed by atoms with E-state index in [0.717, 1.165) is 24.1 Å². The van der Waals surface area contributed by atoms with Gasteiger partial charge in [0.1, 0.15) is 0 Å². The van der Waals surface area contributed by atoms with Crippen molar-refractivity contribution >= 4 is 0 Å². The molecule has 0 heterocycles. The molecule has 0 atom stereocenters. The van der Waals surface area contributed by atoms with Crippen LogP contribution < -0.4 is 5.73 Å². The molecule has 0 amide bonds. The number of nitrogens with two attached hydrogens (primary N) is 1. The summed E-state index contributed by atoms with van der Waals surface area (Å²) in [4.78, 5) is 0. The molecule has 0 saturated carbocycles. The van der Waals surface area contributed by atoms with E-state index < -0.39 is 0 Å². The third kappa shape index (κ3) is 2.42. The van der Waals surface area contributed by atoms with E-state index in [9.17, 15) is 0 Å². The van der Waals surface area contributed by atoms with Gasteiger partial charge in [-0.15, -0.1) is 0 Å². The molecule has 0 bridgehead atoms. The molecule has 0 aromatic rings. The van der Waals surface area contributed by atoms with Crippen molar-refractivity contribution in [2.24, 2.45) is 5.73 Å². The molecule has 0 spiro atoms.